The summed E-state index contributed by atoms with van der Waals surface area (Å²) in [6, 6.07) is 2.97. The van der Waals surface area contributed by atoms with Crippen LogP contribution in [0.5, 0.6) is 0 Å². The lowest BCUT2D eigenvalue weighted by Crippen LogP contribution is -2.48. The van der Waals surface area contributed by atoms with E-state index < -0.39 is 32.0 Å². The zero-order valence-corrected chi connectivity index (χ0v) is 29.4. The molecule has 0 spiro atoms. The van der Waals surface area contributed by atoms with Crippen molar-refractivity contribution in [3.63, 3.8) is 0 Å². The molecule has 2 amide bonds. The van der Waals surface area contributed by atoms with Crippen LogP contribution in [0.4, 0.5) is 8.78 Å². The summed E-state index contributed by atoms with van der Waals surface area (Å²) >= 11 is 12.5. The number of nitrogens with one attached hydrogen (secondary N) is 1. The minimum Gasteiger partial charge on any atom is -0.386 e. The van der Waals surface area contributed by atoms with Crippen LogP contribution in [0.3, 0.4) is 0 Å². The number of amides is 2. The van der Waals surface area contributed by atoms with E-state index in [-0.39, 0.29) is 62.7 Å². The quantitative estimate of drug-likeness (QED) is 0.170. The lowest BCUT2D eigenvalue weighted by molar-refractivity contribution is -0.133. The molecule has 0 radical (unpaired) electrons. The van der Waals surface area contributed by atoms with Gasteiger partial charge in [0.2, 0.25) is 14.2 Å². The van der Waals surface area contributed by atoms with Crippen LogP contribution in [0, 0.1) is 24.5 Å². The van der Waals surface area contributed by atoms with Crippen LogP contribution in [0.1, 0.15) is 85.8 Å². The molecule has 1 aromatic carbocycles. The fraction of sp³-hybridized carbons (Fsp3) is 0.500. The first-order valence-corrected chi connectivity index (χ1v) is 18.9. The van der Waals surface area contributed by atoms with Crippen molar-refractivity contribution in [3.05, 3.63) is 80.9 Å². The van der Waals surface area contributed by atoms with Crippen molar-refractivity contribution in [2.75, 3.05) is 6.54 Å². The molecule has 2 heterocycles. The Kier molecular flexibility index (Phi) is 11.3. The van der Waals surface area contributed by atoms with Crippen molar-refractivity contribution in [2.24, 2.45) is 5.92 Å². The van der Waals surface area contributed by atoms with Gasteiger partial charge in [0.25, 0.3) is 5.91 Å². The topological polar surface area (TPSA) is 110 Å². The summed E-state index contributed by atoms with van der Waals surface area (Å²) in [5.41, 5.74) is 3.98. The number of hydrogen-bond acceptors (Lipinski definition) is 6. The molecule has 1 aliphatic rings. The number of carbonyl (C=O) groups is 2. The zero-order valence-electron chi connectivity index (χ0n) is 26.9. The largest absolute Gasteiger partial charge is 0.386 e. The van der Waals surface area contributed by atoms with E-state index in [1.54, 1.807) is 11.6 Å². The van der Waals surface area contributed by atoms with Gasteiger partial charge in [0.15, 0.2) is 0 Å². The molecule has 1 atom stereocenters. The predicted octanol–water partition coefficient (Wildman–Crippen LogP) is 7.33. The number of hydroxylamine groups is 1. The Hall–Kier alpha value is -2.90. The lowest BCUT2D eigenvalue weighted by atomic mass is 9.85. The molecule has 2 N–H and O–H groups in total. The molecule has 1 saturated carbocycles. The first kappa shape index (κ1) is 35.9. The van der Waals surface area contributed by atoms with E-state index in [1.165, 1.54) is 23.5 Å². The number of aliphatic hydroxyl groups is 1. The number of aromatic nitrogens is 3. The number of carbonyl (C=O) groups excluding carboxylic acids is 2. The molecule has 250 valence electrons. The van der Waals surface area contributed by atoms with Gasteiger partial charge in [-0.3, -0.25) is 19.3 Å². The summed E-state index contributed by atoms with van der Waals surface area (Å²) < 4.78 is 35.8. The third-order valence-electron chi connectivity index (χ3n) is 9.10. The second-order valence-electron chi connectivity index (χ2n) is 13.4. The minimum absolute atomic E-state index is 0.0299. The smallest absolute Gasteiger partial charge is 0.257 e. The third-order valence-corrected chi connectivity index (χ3v) is 13.9. The molecule has 2 aromatic heterocycles. The molecule has 3 aromatic rings. The SMILES string of the molecule is Cc1c(C(=O)N(Cc2cc(F)cc(F)c2)CC(O)c2c(Cl)cncc2Cl)cnn1[C@H]1CC[C@H](C(=O)NO[Si](C)(C)C(C)(C)C)CC1. The molecule has 14 heteroatoms. The van der Waals surface area contributed by atoms with Crippen molar-refractivity contribution < 1.29 is 28.0 Å². The highest BCUT2D eigenvalue weighted by Crippen LogP contribution is 2.37. The Morgan fingerprint density at radius 3 is 2.24 bits per heavy atom. The highest BCUT2D eigenvalue weighted by Gasteiger charge is 2.39. The van der Waals surface area contributed by atoms with Gasteiger partial charge in [-0.2, -0.15) is 5.10 Å². The average molecular weight is 697 g/mol. The monoisotopic (exact) mass is 695 g/mol. The molecule has 4 rings (SSSR count). The van der Waals surface area contributed by atoms with Gasteiger partial charge in [-0.05, 0) is 68.4 Å². The molecular weight excluding hydrogens is 655 g/mol. The third kappa shape index (κ3) is 8.32. The summed E-state index contributed by atoms with van der Waals surface area (Å²) in [5, 5.41) is 15.8. The molecule has 1 aliphatic carbocycles. The highest BCUT2D eigenvalue weighted by atomic mass is 35.5. The van der Waals surface area contributed by atoms with E-state index in [0.717, 1.165) is 18.2 Å². The van der Waals surface area contributed by atoms with Crippen LogP contribution in [-0.4, -0.2) is 51.4 Å². The Morgan fingerprint density at radius 1 is 1.09 bits per heavy atom. The molecule has 0 bridgehead atoms. The average Bonchev–Trinajstić information content (AvgIpc) is 3.35. The molecule has 0 aliphatic heterocycles. The van der Waals surface area contributed by atoms with Crippen LogP contribution in [0.2, 0.25) is 28.2 Å². The van der Waals surface area contributed by atoms with Crippen molar-refractivity contribution in [2.45, 2.75) is 90.2 Å². The number of halogens is 4. The summed E-state index contributed by atoms with van der Waals surface area (Å²) in [4.78, 5) is 32.1. The van der Waals surface area contributed by atoms with Gasteiger partial charge < -0.3 is 14.5 Å². The van der Waals surface area contributed by atoms with Gasteiger partial charge in [-0.15, -0.1) is 0 Å². The molecule has 1 fully saturated rings. The minimum atomic E-state index is -2.14. The van der Waals surface area contributed by atoms with Crippen LogP contribution >= 0.6 is 23.2 Å². The Bertz CT molecular complexity index is 1530. The van der Waals surface area contributed by atoms with Gasteiger partial charge in [-0.1, -0.05) is 44.0 Å². The van der Waals surface area contributed by atoms with E-state index >= 15 is 0 Å². The van der Waals surface area contributed by atoms with Gasteiger partial charge in [0.05, 0.1) is 40.5 Å². The molecule has 46 heavy (non-hydrogen) atoms. The number of aliphatic hydroxyl groups excluding tert-OH is 1. The summed E-state index contributed by atoms with van der Waals surface area (Å²) in [6.45, 7) is 11.8. The number of nitrogens with zero attached hydrogens (tertiary/aromatic N) is 4. The lowest BCUT2D eigenvalue weighted by Gasteiger charge is -2.36. The normalized spacial score (nSPS) is 17.9. The van der Waals surface area contributed by atoms with Crippen LogP contribution in [0.25, 0.3) is 0 Å². The second kappa shape index (κ2) is 14.5. The maximum Gasteiger partial charge on any atom is 0.257 e. The van der Waals surface area contributed by atoms with Crippen LogP contribution in [-0.2, 0) is 15.9 Å². The first-order valence-electron chi connectivity index (χ1n) is 15.2. The number of pyridine rings is 1. The highest BCUT2D eigenvalue weighted by molar-refractivity contribution is 6.74. The first-order chi connectivity index (χ1) is 21.5. The van der Waals surface area contributed by atoms with Crippen molar-refractivity contribution in [1.29, 1.82) is 0 Å². The molecular formula is C32H41Cl2F2N5O4Si. The van der Waals surface area contributed by atoms with Crippen LogP contribution < -0.4 is 5.48 Å². The summed E-state index contributed by atoms with van der Waals surface area (Å²) in [5.74, 6) is -2.38. The number of rotatable bonds is 10. The van der Waals surface area contributed by atoms with Gasteiger partial charge in [0, 0.05) is 42.2 Å². The van der Waals surface area contributed by atoms with Gasteiger partial charge in [-0.25, -0.2) is 14.3 Å². The van der Waals surface area contributed by atoms with E-state index in [4.69, 9.17) is 27.7 Å². The molecule has 1 unspecified atom stereocenters. The zero-order chi connectivity index (χ0) is 34.0. The Labute approximate surface area is 279 Å². The number of benzene rings is 1. The number of hydrogen-bond donors (Lipinski definition) is 2. The van der Waals surface area contributed by atoms with E-state index in [1.807, 2.05) is 0 Å². The summed E-state index contributed by atoms with van der Waals surface area (Å²) in [7, 11) is -2.14. The van der Waals surface area contributed by atoms with Crippen LogP contribution in [0.15, 0.2) is 36.8 Å². The van der Waals surface area contributed by atoms with E-state index in [0.29, 0.717) is 31.4 Å². The fourth-order valence-corrected chi connectivity index (χ4v) is 6.63. The maximum absolute atomic E-state index is 14.1. The molecule has 0 saturated heterocycles. The Balaban J connectivity index is 1.49. The van der Waals surface area contributed by atoms with E-state index in [9.17, 15) is 23.5 Å². The molecule has 9 nitrogen and oxygen atoms in total. The fourth-order valence-electron chi connectivity index (χ4n) is 5.35. The van der Waals surface area contributed by atoms with E-state index in [2.05, 4.69) is 49.4 Å². The predicted molar refractivity (Wildman–Crippen MR) is 175 cm³/mol. The van der Waals surface area contributed by atoms with Gasteiger partial charge in [0.1, 0.15) is 11.6 Å². The second-order valence-corrected chi connectivity index (χ2v) is 19.0. The van der Waals surface area contributed by atoms with Crippen molar-refractivity contribution >= 4 is 43.3 Å². The van der Waals surface area contributed by atoms with Crippen molar-refractivity contribution in [3.8, 4) is 0 Å². The van der Waals surface area contributed by atoms with Gasteiger partial charge >= 0.3 is 0 Å². The Morgan fingerprint density at radius 2 is 1.67 bits per heavy atom. The summed E-state index contributed by atoms with van der Waals surface area (Å²) in [6.07, 6.45) is 5.43. The van der Waals surface area contributed by atoms with Crippen molar-refractivity contribution in [1.82, 2.24) is 25.1 Å². The standard InChI is InChI=1S/C32H41Cl2F2N5O4Si/c1-19-25(14-38-41(19)24-9-7-21(8-10-24)30(43)39-45-46(5,6)32(2,3)4)31(44)40(17-20-11-22(35)13-23(36)12-20)18-28(42)29-26(33)15-37-16-27(29)34/h11-16,21,24,28,42H,7-10,17-18H2,1-6H3,(H,39,43)/t21-,24-,28?. The maximum atomic E-state index is 14.1.